The molecule has 0 atom stereocenters. The Kier molecular flexibility index (Phi) is 7.55. The minimum atomic E-state index is -0.0725. The van der Waals surface area contributed by atoms with Gasteiger partial charge in [0, 0.05) is 11.1 Å². The maximum atomic E-state index is 8.68. The second-order valence-electron chi connectivity index (χ2n) is 7.19. The van der Waals surface area contributed by atoms with E-state index >= 15 is 0 Å². The van der Waals surface area contributed by atoms with Gasteiger partial charge >= 0.3 is 0 Å². The molecule has 0 saturated carbocycles. The molecule has 2 rings (SSSR count). The molecule has 0 fully saturated rings. The highest BCUT2D eigenvalue weighted by atomic mass is 16.5. The van der Waals surface area contributed by atoms with E-state index < -0.39 is 0 Å². The van der Waals surface area contributed by atoms with Crippen molar-refractivity contribution in [2.24, 2.45) is 5.16 Å². The van der Waals surface area contributed by atoms with Gasteiger partial charge in [0.05, 0.1) is 19.9 Å². The number of nitrogens with zero attached hydrogens (tertiary/aromatic N) is 1. The Morgan fingerprint density at radius 1 is 0.929 bits per heavy atom. The molecule has 0 aliphatic carbocycles. The van der Waals surface area contributed by atoms with Crippen LogP contribution in [-0.2, 0) is 5.41 Å². The maximum absolute atomic E-state index is 8.68. The number of rotatable bonds is 9. The molecule has 152 valence electrons. The fraction of sp³-hybridized carbons (Fsp3) is 0.409. The van der Waals surface area contributed by atoms with E-state index in [1.54, 1.807) is 25.3 Å². The first-order valence-corrected chi connectivity index (χ1v) is 9.27. The molecule has 0 spiro atoms. The Hall–Kier alpha value is -2.89. The van der Waals surface area contributed by atoms with Crippen LogP contribution in [0.15, 0.2) is 41.6 Å². The monoisotopic (exact) mass is 387 g/mol. The van der Waals surface area contributed by atoms with Gasteiger partial charge in [-0.25, -0.2) is 0 Å². The van der Waals surface area contributed by atoms with E-state index in [0.29, 0.717) is 31.3 Å². The molecule has 0 bridgehead atoms. The normalized spacial score (nSPS) is 11.5. The van der Waals surface area contributed by atoms with E-state index in [2.05, 4.69) is 25.9 Å². The summed E-state index contributed by atoms with van der Waals surface area (Å²) in [5.41, 5.74) is 1.73. The van der Waals surface area contributed by atoms with Crippen LogP contribution in [0.3, 0.4) is 0 Å². The Morgan fingerprint density at radius 2 is 1.61 bits per heavy atom. The molecular formula is C22H29NO5. The lowest BCUT2D eigenvalue weighted by atomic mass is 9.86. The molecule has 1 N–H and O–H groups in total. The lowest BCUT2D eigenvalue weighted by molar-refractivity contribution is 0.206. The summed E-state index contributed by atoms with van der Waals surface area (Å²) in [5.74, 6) is 2.84. The zero-order valence-corrected chi connectivity index (χ0v) is 17.2. The highest BCUT2D eigenvalue weighted by Gasteiger charge is 2.20. The van der Waals surface area contributed by atoms with Gasteiger partial charge in [0.1, 0.15) is 24.7 Å². The van der Waals surface area contributed by atoms with Crippen LogP contribution in [0.1, 0.15) is 38.8 Å². The van der Waals surface area contributed by atoms with Crippen LogP contribution >= 0.6 is 0 Å². The summed E-state index contributed by atoms with van der Waals surface area (Å²) in [6.45, 7) is 9.57. The van der Waals surface area contributed by atoms with Crippen LogP contribution in [0.4, 0.5) is 0 Å². The first-order valence-electron chi connectivity index (χ1n) is 9.27. The van der Waals surface area contributed by atoms with Crippen LogP contribution in [0.5, 0.6) is 23.0 Å². The molecule has 0 saturated heterocycles. The average molecular weight is 387 g/mol. The van der Waals surface area contributed by atoms with Crippen molar-refractivity contribution in [3.63, 3.8) is 0 Å². The Morgan fingerprint density at radius 3 is 2.21 bits per heavy atom. The highest BCUT2D eigenvalue weighted by molar-refractivity contribution is 5.80. The summed E-state index contributed by atoms with van der Waals surface area (Å²) < 4.78 is 22.7. The molecule has 28 heavy (non-hydrogen) atoms. The Labute approximate surface area is 166 Å². The topological polar surface area (TPSA) is 69.5 Å². The average Bonchev–Trinajstić information content (AvgIpc) is 2.66. The summed E-state index contributed by atoms with van der Waals surface area (Å²) in [4.78, 5) is 0. The lowest BCUT2D eigenvalue weighted by Gasteiger charge is -2.23. The van der Waals surface area contributed by atoms with Crippen molar-refractivity contribution in [2.75, 3.05) is 26.9 Å². The minimum absolute atomic E-state index is 0.0725. The van der Waals surface area contributed by atoms with E-state index in [0.717, 1.165) is 22.6 Å². The zero-order valence-electron chi connectivity index (χ0n) is 17.2. The molecule has 2 aromatic carbocycles. The standard InChI is InChI=1S/C22H29NO5/c1-6-26-21-13-16(15-23-24)7-9-20(21)28-12-11-27-19-10-8-17(25-5)14-18(19)22(2,3)4/h7-10,13-15,24H,6,11-12H2,1-5H3. The first kappa shape index (κ1) is 21.4. The quantitative estimate of drug-likeness (QED) is 0.293. The van der Waals surface area contributed by atoms with E-state index in [9.17, 15) is 0 Å². The first-order chi connectivity index (χ1) is 13.4. The summed E-state index contributed by atoms with van der Waals surface area (Å²) >= 11 is 0. The van der Waals surface area contributed by atoms with Gasteiger partial charge in [0.2, 0.25) is 0 Å². The van der Waals surface area contributed by atoms with Gasteiger partial charge in [0.15, 0.2) is 11.5 Å². The largest absolute Gasteiger partial charge is 0.497 e. The van der Waals surface area contributed by atoms with Crippen LogP contribution in [0.2, 0.25) is 0 Å². The minimum Gasteiger partial charge on any atom is -0.497 e. The summed E-state index contributed by atoms with van der Waals surface area (Å²) in [6, 6.07) is 11.2. The van der Waals surface area contributed by atoms with Gasteiger partial charge in [0.25, 0.3) is 0 Å². The van der Waals surface area contributed by atoms with E-state index in [-0.39, 0.29) is 5.41 Å². The predicted octanol–water partition coefficient (Wildman–Crippen LogP) is 4.66. The van der Waals surface area contributed by atoms with Crippen molar-refractivity contribution in [1.29, 1.82) is 0 Å². The van der Waals surface area contributed by atoms with E-state index in [1.807, 2.05) is 25.1 Å². The van der Waals surface area contributed by atoms with Crippen LogP contribution in [0, 0.1) is 0 Å². The number of oxime groups is 1. The SMILES string of the molecule is CCOc1cc(C=NO)ccc1OCCOc1ccc(OC)cc1C(C)(C)C. The molecule has 0 amide bonds. The smallest absolute Gasteiger partial charge is 0.161 e. The van der Waals surface area contributed by atoms with Gasteiger partial charge in [-0.2, -0.15) is 0 Å². The summed E-state index contributed by atoms with van der Waals surface area (Å²) in [5, 5.41) is 11.7. The lowest BCUT2D eigenvalue weighted by Crippen LogP contribution is -2.16. The number of methoxy groups -OCH3 is 1. The number of benzene rings is 2. The van der Waals surface area contributed by atoms with Gasteiger partial charge in [-0.1, -0.05) is 25.9 Å². The van der Waals surface area contributed by atoms with Crippen molar-refractivity contribution in [1.82, 2.24) is 0 Å². The van der Waals surface area contributed by atoms with Crippen molar-refractivity contribution in [3.8, 4) is 23.0 Å². The Bertz CT molecular complexity index is 796. The van der Waals surface area contributed by atoms with E-state index in [4.69, 9.17) is 24.2 Å². The number of hydrogen-bond donors (Lipinski definition) is 1. The molecule has 0 heterocycles. The van der Waals surface area contributed by atoms with Crippen molar-refractivity contribution in [3.05, 3.63) is 47.5 Å². The zero-order chi connectivity index (χ0) is 20.6. The number of ether oxygens (including phenoxy) is 4. The Balaban J connectivity index is 2.03. The second kappa shape index (κ2) is 9.88. The second-order valence-corrected chi connectivity index (χ2v) is 7.19. The maximum Gasteiger partial charge on any atom is 0.161 e. The van der Waals surface area contributed by atoms with Gasteiger partial charge in [-0.3, -0.25) is 0 Å². The molecule has 2 aromatic rings. The van der Waals surface area contributed by atoms with Crippen molar-refractivity contribution < 1.29 is 24.2 Å². The van der Waals surface area contributed by atoms with E-state index in [1.165, 1.54) is 6.21 Å². The molecule has 6 heteroatoms. The fourth-order valence-corrected chi connectivity index (χ4v) is 2.71. The van der Waals surface area contributed by atoms with Crippen LogP contribution < -0.4 is 18.9 Å². The van der Waals surface area contributed by atoms with Crippen LogP contribution in [0.25, 0.3) is 0 Å². The molecule has 0 unspecified atom stereocenters. The molecule has 6 nitrogen and oxygen atoms in total. The molecule has 0 radical (unpaired) electrons. The van der Waals surface area contributed by atoms with Crippen molar-refractivity contribution >= 4 is 6.21 Å². The fourth-order valence-electron chi connectivity index (χ4n) is 2.71. The molecular weight excluding hydrogens is 358 g/mol. The van der Waals surface area contributed by atoms with Gasteiger partial charge in [-0.15, -0.1) is 0 Å². The molecule has 0 aromatic heterocycles. The number of hydrogen-bond acceptors (Lipinski definition) is 6. The summed E-state index contributed by atoms with van der Waals surface area (Å²) in [6.07, 6.45) is 1.34. The third kappa shape index (κ3) is 5.81. The third-order valence-electron chi connectivity index (χ3n) is 4.07. The van der Waals surface area contributed by atoms with Gasteiger partial charge < -0.3 is 24.2 Å². The summed E-state index contributed by atoms with van der Waals surface area (Å²) in [7, 11) is 1.66. The van der Waals surface area contributed by atoms with Crippen LogP contribution in [-0.4, -0.2) is 38.4 Å². The highest BCUT2D eigenvalue weighted by Crippen LogP contribution is 2.34. The van der Waals surface area contributed by atoms with Crippen molar-refractivity contribution in [2.45, 2.75) is 33.1 Å². The third-order valence-corrected chi connectivity index (χ3v) is 4.07. The molecule has 0 aliphatic rings. The predicted molar refractivity (Wildman–Crippen MR) is 110 cm³/mol. The van der Waals surface area contributed by atoms with Gasteiger partial charge in [-0.05, 0) is 48.7 Å². The molecule has 0 aliphatic heterocycles.